The Balaban J connectivity index is 1.88. The van der Waals surface area contributed by atoms with Crippen LogP contribution in [-0.4, -0.2) is 95.3 Å². The van der Waals surface area contributed by atoms with Crippen molar-refractivity contribution in [2.75, 3.05) is 33.0 Å². The molecule has 40 heavy (non-hydrogen) atoms. The average Bonchev–Trinajstić information content (AvgIpc) is 3.25. The molecule has 14 nitrogen and oxygen atoms in total. The molecule has 216 valence electrons. The molecule has 1 aromatic rings. The third-order valence-corrected chi connectivity index (χ3v) is 5.74. The highest BCUT2D eigenvalue weighted by Gasteiger charge is 2.30. The van der Waals surface area contributed by atoms with E-state index in [2.05, 4.69) is 10.6 Å². The lowest BCUT2D eigenvalue weighted by Gasteiger charge is -2.26. The number of hydrogen-bond donors (Lipinski definition) is 4. The van der Waals surface area contributed by atoms with Crippen molar-refractivity contribution in [3.8, 4) is 0 Å². The highest BCUT2D eigenvalue weighted by atomic mass is 16.5. The molecular weight excluding hydrogens is 526 g/mol. The summed E-state index contributed by atoms with van der Waals surface area (Å²) in [4.78, 5) is 85.8. The number of carboxylic acid groups (broad SMARTS) is 1. The van der Waals surface area contributed by atoms with Crippen molar-refractivity contribution < 1.29 is 43.4 Å². The fourth-order valence-corrected chi connectivity index (χ4v) is 3.73. The topological polar surface area (TPSA) is 206 Å². The summed E-state index contributed by atoms with van der Waals surface area (Å²) < 4.78 is 4.90. The predicted octanol–water partition coefficient (Wildman–Crippen LogP) is -1.31. The second kappa shape index (κ2) is 16.5. The van der Waals surface area contributed by atoms with Crippen LogP contribution in [-0.2, 0) is 44.7 Å². The summed E-state index contributed by atoms with van der Waals surface area (Å²) in [5, 5.41) is 13.7. The second-order valence-corrected chi connectivity index (χ2v) is 8.79. The van der Waals surface area contributed by atoms with Gasteiger partial charge in [-0.3, -0.25) is 38.6 Å². The lowest BCUT2D eigenvalue weighted by atomic mass is 10.0. The van der Waals surface area contributed by atoms with Crippen LogP contribution in [0.25, 0.3) is 0 Å². The number of nitrogens with zero attached hydrogens (tertiary/aromatic N) is 2. The lowest BCUT2D eigenvalue weighted by Crippen LogP contribution is -2.54. The summed E-state index contributed by atoms with van der Waals surface area (Å²) in [7, 11) is 0. The van der Waals surface area contributed by atoms with E-state index >= 15 is 0 Å². The third kappa shape index (κ3) is 10.7. The zero-order valence-electron chi connectivity index (χ0n) is 21.9. The minimum atomic E-state index is -1.30. The molecule has 1 heterocycles. The Bertz CT molecular complexity index is 1100. The molecule has 0 aromatic heterocycles. The van der Waals surface area contributed by atoms with Crippen molar-refractivity contribution in [3.05, 3.63) is 48.0 Å². The number of aliphatic carboxylic acids is 1. The Kier molecular flexibility index (Phi) is 13.1. The molecule has 14 heteroatoms. The fourth-order valence-electron chi connectivity index (χ4n) is 3.73. The molecule has 1 aromatic carbocycles. The first-order valence-electron chi connectivity index (χ1n) is 12.6. The van der Waals surface area contributed by atoms with Crippen LogP contribution >= 0.6 is 0 Å². The van der Waals surface area contributed by atoms with Crippen LogP contribution in [0.4, 0.5) is 0 Å². The van der Waals surface area contributed by atoms with Gasteiger partial charge in [-0.15, -0.1) is 0 Å². The number of imide groups is 2. The molecule has 0 radical (unpaired) electrons. The van der Waals surface area contributed by atoms with Crippen LogP contribution in [0.1, 0.15) is 31.2 Å². The molecule has 2 rings (SSSR count). The van der Waals surface area contributed by atoms with Crippen LogP contribution in [0.2, 0.25) is 0 Å². The number of rotatable bonds is 17. The van der Waals surface area contributed by atoms with Crippen molar-refractivity contribution in [1.82, 2.24) is 20.4 Å². The van der Waals surface area contributed by atoms with E-state index in [1.807, 2.05) is 0 Å². The van der Waals surface area contributed by atoms with Crippen LogP contribution in [0.3, 0.4) is 0 Å². The standard InChI is InChI=1S/C26H33N5O9/c27-14-24(36)31(17-40-16-25(37)38)26(39)19(13-18-7-3-1-4-8-18)29-21(33)15-28-20(32)9-5-2-6-12-30-22(34)10-11-23(30)35/h1,3-4,7-8,10-11,19H,2,5-6,9,12-17,27H2,(H,28,32)(H,29,33)(H,37,38)/t19-/m1/s1. The number of ether oxygens (including phenoxy) is 1. The summed E-state index contributed by atoms with van der Waals surface area (Å²) in [5.41, 5.74) is 6.07. The molecule has 0 saturated heterocycles. The normalized spacial score (nSPS) is 13.2. The van der Waals surface area contributed by atoms with Crippen molar-refractivity contribution in [2.24, 2.45) is 5.73 Å². The Morgan fingerprint density at radius 1 is 0.975 bits per heavy atom. The first-order valence-corrected chi connectivity index (χ1v) is 12.6. The molecule has 0 saturated carbocycles. The van der Waals surface area contributed by atoms with Gasteiger partial charge in [-0.05, 0) is 18.4 Å². The molecule has 1 aliphatic rings. The Morgan fingerprint density at radius 2 is 1.65 bits per heavy atom. The monoisotopic (exact) mass is 559 g/mol. The van der Waals surface area contributed by atoms with Gasteiger partial charge in [-0.25, -0.2) is 4.79 Å². The first kappa shape index (κ1) is 31.8. The van der Waals surface area contributed by atoms with E-state index in [4.69, 9.17) is 15.6 Å². The maximum absolute atomic E-state index is 13.2. The summed E-state index contributed by atoms with van der Waals surface area (Å²) in [6.45, 7) is -2.15. The minimum absolute atomic E-state index is 0.00415. The zero-order valence-corrected chi connectivity index (χ0v) is 21.9. The van der Waals surface area contributed by atoms with Gasteiger partial charge in [0, 0.05) is 31.5 Å². The Hall–Kier alpha value is -4.43. The van der Waals surface area contributed by atoms with E-state index < -0.39 is 62.1 Å². The molecule has 0 unspecified atom stereocenters. The second-order valence-electron chi connectivity index (χ2n) is 8.79. The molecule has 0 bridgehead atoms. The maximum Gasteiger partial charge on any atom is 0.329 e. The van der Waals surface area contributed by atoms with Gasteiger partial charge in [0.25, 0.3) is 17.7 Å². The van der Waals surface area contributed by atoms with E-state index in [1.165, 1.54) is 12.2 Å². The van der Waals surface area contributed by atoms with Crippen LogP contribution in [0.5, 0.6) is 0 Å². The van der Waals surface area contributed by atoms with Gasteiger partial charge in [0.1, 0.15) is 19.4 Å². The molecule has 6 amide bonds. The van der Waals surface area contributed by atoms with Gasteiger partial charge < -0.3 is 26.2 Å². The highest BCUT2D eigenvalue weighted by molar-refractivity contribution is 6.12. The van der Waals surface area contributed by atoms with Crippen molar-refractivity contribution in [1.29, 1.82) is 0 Å². The van der Waals surface area contributed by atoms with Crippen molar-refractivity contribution in [2.45, 2.75) is 38.1 Å². The average molecular weight is 560 g/mol. The SMILES string of the molecule is NCC(=O)N(COCC(=O)O)C(=O)[C@@H](Cc1ccccc1)NC(=O)CNC(=O)CCCCCN1C(=O)C=CC1=O. The third-order valence-electron chi connectivity index (χ3n) is 5.74. The summed E-state index contributed by atoms with van der Waals surface area (Å²) >= 11 is 0. The van der Waals surface area contributed by atoms with Crippen molar-refractivity contribution in [3.63, 3.8) is 0 Å². The quantitative estimate of drug-likeness (QED) is 0.101. The van der Waals surface area contributed by atoms with E-state index in [0.29, 0.717) is 29.7 Å². The van der Waals surface area contributed by atoms with E-state index in [0.717, 1.165) is 4.90 Å². The maximum atomic E-state index is 13.2. The molecule has 1 atom stereocenters. The summed E-state index contributed by atoms with van der Waals surface area (Å²) in [6.07, 6.45) is 4.12. The Morgan fingerprint density at radius 3 is 2.27 bits per heavy atom. The molecular formula is C26H33N5O9. The number of amides is 6. The van der Waals surface area contributed by atoms with E-state index in [1.54, 1.807) is 30.3 Å². The summed E-state index contributed by atoms with van der Waals surface area (Å²) in [6, 6.07) is 7.43. The molecule has 0 spiro atoms. The number of carbonyl (C=O) groups excluding carboxylic acids is 6. The zero-order chi connectivity index (χ0) is 29.5. The fraction of sp³-hybridized carbons (Fsp3) is 0.423. The van der Waals surface area contributed by atoms with Crippen LogP contribution in [0, 0.1) is 0 Å². The number of carbonyl (C=O) groups is 7. The number of nitrogens with one attached hydrogen (secondary N) is 2. The van der Waals surface area contributed by atoms with Crippen molar-refractivity contribution >= 4 is 41.4 Å². The predicted molar refractivity (Wildman–Crippen MR) is 139 cm³/mol. The lowest BCUT2D eigenvalue weighted by molar-refractivity contribution is -0.157. The van der Waals surface area contributed by atoms with Gasteiger partial charge in [-0.2, -0.15) is 0 Å². The number of nitrogens with two attached hydrogens (primary N) is 1. The largest absolute Gasteiger partial charge is 0.480 e. The smallest absolute Gasteiger partial charge is 0.329 e. The van der Waals surface area contributed by atoms with Gasteiger partial charge in [0.2, 0.25) is 17.7 Å². The highest BCUT2D eigenvalue weighted by Crippen LogP contribution is 2.09. The molecule has 0 fully saturated rings. The van der Waals surface area contributed by atoms with Crippen LogP contribution < -0.4 is 16.4 Å². The van der Waals surface area contributed by atoms with Gasteiger partial charge in [0.15, 0.2) is 0 Å². The Labute approximate surface area is 230 Å². The number of unbranched alkanes of at least 4 members (excludes halogenated alkanes) is 2. The number of carboxylic acids is 1. The van der Waals surface area contributed by atoms with Gasteiger partial charge in [-0.1, -0.05) is 36.8 Å². The summed E-state index contributed by atoms with van der Waals surface area (Å²) in [5.74, 6) is -4.79. The first-order chi connectivity index (χ1) is 19.1. The van der Waals surface area contributed by atoms with Crippen LogP contribution in [0.15, 0.2) is 42.5 Å². The molecule has 5 N–H and O–H groups in total. The van der Waals surface area contributed by atoms with E-state index in [9.17, 15) is 33.6 Å². The van der Waals surface area contributed by atoms with E-state index in [-0.39, 0.29) is 31.2 Å². The van der Waals surface area contributed by atoms with Gasteiger partial charge >= 0.3 is 5.97 Å². The molecule has 0 aliphatic carbocycles. The number of benzene rings is 1. The minimum Gasteiger partial charge on any atom is -0.480 e. The van der Waals surface area contributed by atoms with Gasteiger partial charge in [0.05, 0.1) is 13.1 Å². The molecule has 1 aliphatic heterocycles. The number of hydrogen-bond acceptors (Lipinski definition) is 9.